The fourth-order valence-electron chi connectivity index (χ4n) is 6.65. The molecule has 5 heterocycles. The van der Waals surface area contributed by atoms with Crippen molar-refractivity contribution in [3.63, 3.8) is 0 Å². The van der Waals surface area contributed by atoms with Crippen LogP contribution in [0.3, 0.4) is 0 Å². The van der Waals surface area contributed by atoms with Crippen molar-refractivity contribution in [2.24, 2.45) is 7.05 Å². The molecule has 2 saturated heterocycles. The Kier molecular flexibility index (Phi) is 9.17. The Labute approximate surface area is 280 Å². The first-order valence-corrected chi connectivity index (χ1v) is 16.4. The summed E-state index contributed by atoms with van der Waals surface area (Å²) in [6.07, 6.45) is 9.36. The van der Waals surface area contributed by atoms with Crippen LogP contribution in [0.5, 0.6) is 5.75 Å². The number of anilines is 5. The Morgan fingerprint density at radius 1 is 0.833 bits per heavy atom. The zero-order valence-electron chi connectivity index (χ0n) is 27.6. The van der Waals surface area contributed by atoms with E-state index in [1.54, 1.807) is 37.6 Å². The van der Waals surface area contributed by atoms with Crippen LogP contribution in [0.1, 0.15) is 12.8 Å². The number of pyridine rings is 1. The third-order valence-corrected chi connectivity index (χ3v) is 9.31. The standard InChI is InChI=1S/C36H41FN10O/c1-44-14-16-46(17-15-44)27-9-12-47(13-10-27)33-20-34(48-3)32(19-29(33)25-22-41-45(2)23-25)43-36-21-35(39-24-40-36)42-26-8-11-38-31(18-26)28-6-4-5-7-30(28)37/h4-8,11,18-24,27H,9-10,12-17H2,1-3H3,(H2,38,39,40,42,43). The highest BCUT2D eigenvalue weighted by Gasteiger charge is 2.28. The molecule has 2 aromatic carbocycles. The van der Waals surface area contributed by atoms with Crippen LogP contribution in [-0.4, -0.2) is 94.0 Å². The molecule has 0 atom stereocenters. The van der Waals surface area contributed by atoms with Gasteiger partial charge in [-0.25, -0.2) is 14.4 Å². The quantitative estimate of drug-likeness (QED) is 0.204. The minimum Gasteiger partial charge on any atom is -0.494 e. The number of nitrogens with zero attached hydrogens (tertiary/aromatic N) is 8. The van der Waals surface area contributed by atoms with Gasteiger partial charge in [0.1, 0.15) is 29.5 Å². The topological polar surface area (TPSA) is 99.5 Å². The van der Waals surface area contributed by atoms with E-state index in [1.807, 2.05) is 36.3 Å². The lowest BCUT2D eigenvalue weighted by molar-refractivity contribution is 0.0982. The van der Waals surface area contributed by atoms with Gasteiger partial charge in [0.25, 0.3) is 0 Å². The number of hydrogen-bond acceptors (Lipinski definition) is 10. The summed E-state index contributed by atoms with van der Waals surface area (Å²) in [5, 5.41) is 11.2. The van der Waals surface area contributed by atoms with Crippen molar-refractivity contribution in [1.29, 1.82) is 0 Å². The summed E-state index contributed by atoms with van der Waals surface area (Å²) in [6, 6.07) is 16.9. The number of aryl methyl sites for hydroxylation is 1. The van der Waals surface area contributed by atoms with Gasteiger partial charge in [0, 0.05) is 105 Å². The van der Waals surface area contributed by atoms with Crippen molar-refractivity contribution in [2.45, 2.75) is 18.9 Å². The second kappa shape index (κ2) is 14.0. The zero-order valence-corrected chi connectivity index (χ0v) is 27.6. The number of methoxy groups -OCH3 is 1. The van der Waals surface area contributed by atoms with Crippen molar-refractivity contribution in [3.05, 3.63) is 85.3 Å². The van der Waals surface area contributed by atoms with Crippen LogP contribution in [-0.2, 0) is 7.05 Å². The Morgan fingerprint density at radius 3 is 2.33 bits per heavy atom. The third kappa shape index (κ3) is 6.95. The highest BCUT2D eigenvalue weighted by atomic mass is 19.1. The van der Waals surface area contributed by atoms with Gasteiger partial charge in [-0.2, -0.15) is 5.10 Å². The molecule has 0 unspecified atom stereocenters. The number of nitrogens with one attached hydrogen (secondary N) is 2. The van der Waals surface area contributed by atoms with Gasteiger partial charge in [0.05, 0.1) is 24.7 Å². The molecule has 0 bridgehead atoms. The maximum Gasteiger partial charge on any atom is 0.144 e. The fourth-order valence-corrected chi connectivity index (χ4v) is 6.65. The minimum absolute atomic E-state index is 0.323. The smallest absolute Gasteiger partial charge is 0.144 e. The molecular formula is C36H41FN10O. The number of piperidine rings is 1. The lowest BCUT2D eigenvalue weighted by atomic mass is 9.98. The molecular weight excluding hydrogens is 607 g/mol. The van der Waals surface area contributed by atoms with Crippen LogP contribution in [0.4, 0.5) is 33.1 Å². The van der Waals surface area contributed by atoms with E-state index < -0.39 is 0 Å². The van der Waals surface area contributed by atoms with E-state index in [9.17, 15) is 4.39 Å². The summed E-state index contributed by atoms with van der Waals surface area (Å²) in [7, 11) is 5.84. The monoisotopic (exact) mass is 648 g/mol. The van der Waals surface area contributed by atoms with Crippen LogP contribution >= 0.6 is 0 Å². The van der Waals surface area contributed by atoms with Crippen LogP contribution in [0.15, 0.2) is 79.5 Å². The minimum atomic E-state index is -0.323. The molecule has 248 valence electrons. The number of likely N-dealkylation sites (N-methyl/N-ethyl adjacent to an activating group) is 1. The van der Waals surface area contributed by atoms with Crippen molar-refractivity contribution in [3.8, 4) is 28.1 Å². The van der Waals surface area contributed by atoms with Gasteiger partial charge < -0.3 is 25.2 Å². The molecule has 2 aliphatic heterocycles. The molecule has 0 aliphatic carbocycles. The second-order valence-corrected chi connectivity index (χ2v) is 12.5. The van der Waals surface area contributed by atoms with E-state index in [4.69, 9.17) is 4.74 Å². The molecule has 2 N–H and O–H groups in total. The van der Waals surface area contributed by atoms with Crippen molar-refractivity contribution >= 4 is 28.7 Å². The van der Waals surface area contributed by atoms with Gasteiger partial charge in [-0.1, -0.05) is 12.1 Å². The van der Waals surface area contributed by atoms with E-state index in [2.05, 4.69) is 64.6 Å². The van der Waals surface area contributed by atoms with Crippen LogP contribution in [0.25, 0.3) is 22.4 Å². The van der Waals surface area contributed by atoms with Crippen molar-refractivity contribution in [2.75, 3.05) is 69.0 Å². The summed E-state index contributed by atoms with van der Waals surface area (Å²) in [5.74, 6) is 1.56. The maximum atomic E-state index is 14.4. The lowest BCUT2D eigenvalue weighted by Crippen LogP contribution is -2.52. The molecule has 11 nitrogen and oxygen atoms in total. The van der Waals surface area contributed by atoms with Gasteiger partial charge in [-0.05, 0) is 50.2 Å². The highest BCUT2D eigenvalue weighted by molar-refractivity contribution is 5.85. The molecule has 7 rings (SSSR count). The number of hydrogen-bond donors (Lipinski definition) is 2. The van der Waals surface area contributed by atoms with E-state index in [1.165, 1.54) is 12.4 Å². The predicted molar refractivity (Wildman–Crippen MR) is 188 cm³/mol. The lowest BCUT2D eigenvalue weighted by Gasteiger charge is -2.43. The normalized spacial score (nSPS) is 16.2. The van der Waals surface area contributed by atoms with Gasteiger partial charge in [0.15, 0.2) is 0 Å². The number of piperazine rings is 1. The number of aromatic nitrogens is 5. The Balaban J connectivity index is 1.12. The summed E-state index contributed by atoms with van der Waals surface area (Å²) >= 11 is 0. The Bertz CT molecular complexity index is 1860. The molecule has 0 radical (unpaired) electrons. The maximum absolute atomic E-state index is 14.4. The van der Waals surface area contributed by atoms with Gasteiger partial charge in [-0.3, -0.25) is 14.6 Å². The van der Waals surface area contributed by atoms with Crippen molar-refractivity contribution < 1.29 is 9.13 Å². The van der Waals surface area contributed by atoms with Crippen LogP contribution < -0.4 is 20.3 Å². The number of benzene rings is 2. The van der Waals surface area contributed by atoms with E-state index in [-0.39, 0.29) is 5.82 Å². The first kappa shape index (κ1) is 31.5. The molecule has 48 heavy (non-hydrogen) atoms. The first-order valence-electron chi connectivity index (χ1n) is 16.4. The summed E-state index contributed by atoms with van der Waals surface area (Å²) in [5.41, 5.74) is 5.72. The fraction of sp³-hybridized carbons (Fsp3) is 0.333. The molecule has 2 fully saturated rings. The summed E-state index contributed by atoms with van der Waals surface area (Å²) in [4.78, 5) is 20.8. The van der Waals surface area contributed by atoms with Gasteiger partial charge in [-0.15, -0.1) is 0 Å². The van der Waals surface area contributed by atoms with Crippen molar-refractivity contribution in [1.82, 2.24) is 34.5 Å². The Morgan fingerprint density at radius 2 is 1.60 bits per heavy atom. The van der Waals surface area contributed by atoms with Gasteiger partial charge in [0.2, 0.25) is 0 Å². The largest absolute Gasteiger partial charge is 0.494 e. The molecule has 5 aromatic rings. The van der Waals surface area contributed by atoms with Crippen LogP contribution in [0, 0.1) is 5.82 Å². The summed E-state index contributed by atoms with van der Waals surface area (Å²) in [6.45, 7) is 6.54. The predicted octanol–water partition coefficient (Wildman–Crippen LogP) is 5.79. The van der Waals surface area contributed by atoms with E-state index in [0.717, 1.165) is 86.0 Å². The molecule has 2 aliphatic rings. The number of halogens is 1. The molecule has 12 heteroatoms. The number of ether oxygens (including phenoxy) is 1. The summed E-state index contributed by atoms with van der Waals surface area (Å²) < 4.78 is 22.2. The SMILES string of the molecule is COc1cc(N2CCC(N3CCN(C)CC3)CC2)c(-c2cnn(C)c2)cc1Nc1cc(Nc2ccnc(-c3ccccc3F)c2)ncn1. The molecule has 3 aromatic heterocycles. The van der Waals surface area contributed by atoms with Crippen LogP contribution in [0.2, 0.25) is 0 Å². The third-order valence-electron chi connectivity index (χ3n) is 9.31. The zero-order chi connectivity index (χ0) is 33.0. The second-order valence-electron chi connectivity index (χ2n) is 12.5. The Hall–Kier alpha value is -5.07. The van der Waals surface area contributed by atoms with E-state index >= 15 is 0 Å². The highest BCUT2D eigenvalue weighted by Crippen LogP contribution is 2.41. The first-order chi connectivity index (χ1) is 23.4. The van der Waals surface area contributed by atoms with E-state index in [0.29, 0.717) is 28.9 Å². The average molecular weight is 649 g/mol. The molecule has 0 saturated carbocycles. The van der Waals surface area contributed by atoms with Gasteiger partial charge >= 0.3 is 0 Å². The molecule has 0 amide bonds. The molecule has 0 spiro atoms. The average Bonchev–Trinajstić information content (AvgIpc) is 3.55. The number of rotatable bonds is 9.